The number of ketones is 1. The van der Waals surface area contributed by atoms with Crippen molar-refractivity contribution in [2.75, 3.05) is 13.1 Å². The van der Waals surface area contributed by atoms with Crippen LogP contribution in [-0.4, -0.2) is 29.7 Å². The minimum atomic E-state index is -0.525. The first-order valence-electron chi connectivity index (χ1n) is 7.76. The summed E-state index contributed by atoms with van der Waals surface area (Å²) >= 11 is 0. The fraction of sp³-hybridized carbons (Fsp3) is 0.706. The summed E-state index contributed by atoms with van der Waals surface area (Å²) in [6.07, 6.45) is 4.69. The first kappa shape index (κ1) is 14.3. The van der Waals surface area contributed by atoms with Gasteiger partial charge >= 0.3 is 0 Å². The molecule has 1 saturated heterocycles. The van der Waals surface area contributed by atoms with Crippen molar-refractivity contribution in [3.05, 3.63) is 11.6 Å². The molecule has 0 N–H and O–H groups in total. The highest BCUT2D eigenvalue weighted by atomic mass is 16.2. The Morgan fingerprint density at radius 2 is 2.00 bits per heavy atom. The maximum atomic E-state index is 12.4. The van der Waals surface area contributed by atoms with Gasteiger partial charge in [0.1, 0.15) is 6.07 Å². The highest BCUT2D eigenvalue weighted by molar-refractivity contribution is 6.04. The summed E-state index contributed by atoms with van der Waals surface area (Å²) in [5, 5.41) is 9.25. The third kappa shape index (κ3) is 2.10. The van der Waals surface area contributed by atoms with Gasteiger partial charge in [0.2, 0.25) is 5.91 Å². The van der Waals surface area contributed by atoms with Crippen LogP contribution in [0.3, 0.4) is 0 Å². The molecule has 0 aromatic heterocycles. The van der Waals surface area contributed by atoms with Gasteiger partial charge in [-0.1, -0.05) is 26.8 Å². The Bertz CT molecular complexity index is 580. The Balaban J connectivity index is 1.94. The number of amides is 1. The molecule has 1 unspecified atom stereocenters. The SMILES string of the molecule is CC1(C)C(=O)C(C#N)=C[C@@]2(C)CN(C(=O)C3CC3)CCC12. The van der Waals surface area contributed by atoms with E-state index in [1.165, 1.54) is 0 Å². The Morgan fingerprint density at radius 1 is 1.33 bits per heavy atom. The van der Waals surface area contributed by atoms with Gasteiger partial charge in [-0.15, -0.1) is 0 Å². The molecule has 2 aliphatic carbocycles. The summed E-state index contributed by atoms with van der Waals surface area (Å²) in [6.45, 7) is 7.36. The average molecular weight is 286 g/mol. The van der Waals surface area contributed by atoms with Crippen molar-refractivity contribution >= 4 is 11.7 Å². The number of hydrogen-bond donors (Lipinski definition) is 0. The molecular weight excluding hydrogens is 264 g/mol. The number of allylic oxidation sites excluding steroid dienone is 1. The van der Waals surface area contributed by atoms with Gasteiger partial charge in [-0.2, -0.15) is 5.26 Å². The molecule has 1 saturated carbocycles. The third-order valence-electron chi connectivity index (χ3n) is 5.55. The number of carbonyl (C=O) groups is 2. The minimum absolute atomic E-state index is 0.0468. The molecule has 1 heterocycles. The zero-order valence-electron chi connectivity index (χ0n) is 13.0. The lowest BCUT2D eigenvalue weighted by molar-refractivity contribution is -0.141. The van der Waals surface area contributed by atoms with Crippen molar-refractivity contribution in [1.82, 2.24) is 4.90 Å². The van der Waals surface area contributed by atoms with Crippen LogP contribution in [0.5, 0.6) is 0 Å². The van der Waals surface area contributed by atoms with Crippen LogP contribution in [0.25, 0.3) is 0 Å². The topological polar surface area (TPSA) is 61.2 Å². The second kappa shape index (κ2) is 4.43. The molecule has 0 aromatic rings. The highest BCUT2D eigenvalue weighted by Crippen LogP contribution is 2.52. The monoisotopic (exact) mass is 286 g/mol. The van der Waals surface area contributed by atoms with Crippen LogP contribution >= 0.6 is 0 Å². The predicted octanol–water partition coefficient (Wildman–Crippen LogP) is 2.31. The third-order valence-corrected chi connectivity index (χ3v) is 5.55. The molecule has 2 fully saturated rings. The van der Waals surface area contributed by atoms with E-state index >= 15 is 0 Å². The molecule has 4 nitrogen and oxygen atoms in total. The summed E-state index contributed by atoms with van der Waals surface area (Å²) in [5.74, 6) is 0.631. The first-order valence-corrected chi connectivity index (χ1v) is 7.76. The van der Waals surface area contributed by atoms with E-state index in [4.69, 9.17) is 0 Å². The lowest BCUT2D eigenvalue weighted by atomic mass is 9.55. The quantitative estimate of drug-likeness (QED) is 0.743. The van der Waals surface area contributed by atoms with Gasteiger partial charge in [0.05, 0.1) is 5.57 Å². The first-order chi connectivity index (χ1) is 9.79. The normalized spacial score (nSPS) is 34.8. The molecule has 0 bridgehead atoms. The van der Waals surface area contributed by atoms with Crippen molar-refractivity contribution in [3.63, 3.8) is 0 Å². The second-order valence-corrected chi connectivity index (χ2v) is 7.60. The van der Waals surface area contributed by atoms with E-state index in [1.807, 2.05) is 24.8 Å². The number of likely N-dealkylation sites (tertiary alicyclic amines) is 1. The van der Waals surface area contributed by atoms with Crippen LogP contribution in [0.1, 0.15) is 40.0 Å². The molecule has 0 spiro atoms. The van der Waals surface area contributed by atoms with Crippen LogP contribution in [0.2, 0.25) is 0 Å². The molecule has 2 atom stereocenters. The summed E-state index contributed by atoms with van der Waals surface area (Å²) in [7, 11) is 0. The average Bonchev–Trinajstić information content (AvgIpc) is 3.26. The zero-order valence-corrected chi connectivity index (χ0v) is 13.0. The summed E-state index contributed by atoms with van der Waals surface area (Å²) in [6, 6.07) is 2.05. The number of rotatable bonds is 1. The number of Topliss-reactive ketones (excluding diaryl/α,β-unsaturated/α-hetero) is 1. The fourth-order valence-electron chi connectivity index (χ4n) is 4.31. The zero-order chi connectivity index (χ0) is 15.4. The molecule has 3 rings (SSSR count). The van der Waals surface area contributed by atoms with Crippen LogP contribution in [0, 0.1) is 34.0 Å². The maximum Gasteiger partial charge on any atom is 0.225 e. The number of nitrogens with zero attached hydrogens (tertiary/aromatic N) is 2. The Morgan fingerprint density at radius 3 is 2.57 bits per heavy atom. The molecule has 4 heteroatoms. The Labute approximate surface area is 125 Å². The van der Waals surface area contributed by atoms with Gasteiger partial charge in [0.25, 0.3) is 0 Å². The predicted molar refractivity (Wildman–Crippen MR) is 78.0 cm³/mol. The van der Waals surface area contributed by atoms with Crippen LogP contribution in [0.4, 0.5) is 0 Å². The molecule has 0 radical (unpaired) electrons. The highest BCUT2D eigenvalue weighted by Gasteiger charge is 2.54. The van der Waals surface area contributed by atoms with E-state index < -0.39 is 5.41 Å². The van der Waals surface area contributed by atoms with E-state index in [-0.39, 0.29) is 34.5 Å². The van der Waals surface area contributed by atoms with Gasteiger partial charge in [0, 0.05) is 29.8 Å². The van der Waals surface area contributed by atoms with Crippen LogP contribution in [0.15, 0.2) is 11.6 Å². The van der Waals surface area contributed by atoms with Crippen molar-refractivity contribution in [2.45, 2.75) is 40.0 Å². The number of nitriles is 1. The molecule has 112 valence electrons. The van der Waals surface area contributed by atoms with Gasteiger partial charge in [-0.25, -0.2) is 0 Å². The van der Waals surface area contributed by atoms with E-state index in [2.05, 4.69) is 13.0 Å². The minimum Gasteiger partial charge on any atom is -0.342 e. The van der Waals surface area contributed by atoms with Gasteiger partial charge in [-0.05, 0) is 25.2 Å². The molecule has 1 amide bonds. The summed E-state index contributed by atoms with van der Waals surface area (Å²) in [5.41, 5.74) is -0.534. The van der Waals surface area contributed by atoms with Crippen molar-refractivity contribution in [1.29, 1.82) is 5.26 Å². The Kier molecular flexibility index (Phi) is 3.02. The molecule has 21 heavy (non-hydrogen) atoms. The van der Waals surface area contributed by atoms with E-state index in [0.29, 0.717) is 6.54 Å². The fourth-order valence-corrected chi connectivity index (χ4v) is 4.31. The van der Waals surface area contributed by atoms with Gasteiger partial charge in [0.15, 0.2) is 5.78 Å². The van der Waals surface area contributed by atoms with Gasteiger partial charge < -0.3 is 4.90 Å². The molecule has 1 aliphatic heterocycles. The molecular formula is C17H22N2O2. The standard InChI is InChI=1S/C17H22N2O2/c1-16(2)13-6-7-19(15(21)11-4-5-11)10-17(13,3)8-12(9-18)14(16)20/h8,11,13H,4-7,10H2,1-3H3/t13?,17-/m0/s1. The summed E-state index contributed by atoms with van der Waals surface area (Å²) in [4.78, 5) is 26.7. The largest absolute Gasteiger partial charge is 0.342 e. The van der Waals surface area contributed by atoms with Crippen LogP contribution in [-0.2, 0) is 9.59 Å². The lowest BCUT2D eigenvalue weighted by Crippen LogP contribution is -2.56. The molecule has 3 aliphatic rings. The van der Waals surface area contributed by atoms with E-state index in [1.54, 1.807) is 0 Å². The van der Waals surface area contributed by atoms with Crippen molar-refractivity contribution in [3.8, 4) is 6.07 Å². The maximum absolute atomic E-state index is 12.4. The second-order valence-electron chi connectivity index (χ2n) is 7.60. The van der Waals surface area contributed by atoms with Crippen LogP contribution < -0.4 is 0 Å². The van der Waals surface area contributed by atoms with Crippen molar-refractivity contribution in [2.24, 2.45) is 22.7 Å². The van der Waals surface area contributed by atoms with E-state index in [0.717, 1.165) is 25.8 Å². The van der Waals surface area contributed by atoms with E-state index in [9.17, 15) is 14.9 Å². The lowest BCUT2D eigenvalue weighted by Gasteiger charge is -2.53. The number of piperidine rings is 1. The summed E-state index contributed by atoms with van der Waals surface area (Å²) < 4.78 is 0. The number of hydrogen-bond acceptors (Lipinski definition) is 3. The molecule has 0 aromatic carbocycles. The van der Waals surface area contributed by atoms with Gasteiger partial charge in [-0.3, -0.25) is 9.59 Å². The Hall–Kier alpha value is -1.63. The number of carbonyl (C=O) groups excluding carboxylic acids is 2. The number of fused-ring (bicyclic) bond motifs is 1. The van der Waals surface area contributed by atoms with Crippen molar-refractivity contribution < 1.29 is 9.59 Å². The smallest absolute Gasteiger partial charge is 0.225 e.